The summed E-state index contributed by atoms with van der Waals surface area (Å²) in [6.07, 6.45) is 0. The van der Waals surface area contributed by atoms with Crippen LogP contribution in [0.1, 0.15) is 33.5 Å². The quantitative estimate of drug-likeness (QED) is 0.663. The molecule has 2 aromatic rings. The first-order chi connectivity index (χ1) is 12.7. The standard InChI is InChI=1S/C18H17FN4O4/c1-18(26,9-19)5-4-10-2-3-12-11(8-10)17-22-13(15(20)24)14(16(21)25)23(17)6-7-27-12/h2-3,8,26H,6-7,9H2,1H3,(H2,20,24)(H2,21,25). The number of ether oxygens (including phenoxy) is 1. The van der Waals surface area contributed by atoms with Crippen LogP contribution in [0.15, 0.2) is 18.2 Å². The molecule has 27 heavy (non-hydrogen) atoms. The molecule has 9 heteroatoms. The van der Waals surface area contributed by atoms with Crippen molar-refractivity contribution in [1.29, 1.82) is 0 Å². The van der Waals surface area contributed by atoms with E-state index in [-0.39, 0.29) is 30.4 Å². The van der Waals surface area contributed by atoms with Crippen LogP contribution in [0, 0.1) is 11.8 Å². The Balaban J connectivity index is 2.18. The number of amides is 2. The van der Waals surface area contributed by atoms with Gasteiger partial charge in [0.1, 0.15) is 30.5 Å². The van der Waals surface area contributed by atoms with E-state index in [9.17, 15) is 19.1 Å². The molecule has 1 aliphatic heterocycles. The van der Waals surface area contributed by atoms with Crippen LogP contribution in [0.25, 0.3) is 11.4 Å². The molecule has 1 unspecified atom stereocenters. The molecule has 0 radical (unpaired) electrons. The zero-order valence-electron chi connectivity index (χ0n) is 14.5. The lowest BCUT2D eigenvalue weighted by Crippen LogP contribution is -2.24. The number of carbonyl (C=O) groups is 2. The van der Waals surface area contributed by atoms with Crippen LogP contribution >= 0.6 is 0 Å². The van der Waals surface area contributed by atoms with Crippen molar-refractivity contribution in [2.24, 2.45) is 11.5 Å². The number of rotatable bonds is 3. The molecule has 0 bridgehead atoms. The van der Waals surface area contributed by atoms with E-state index in [1.54, 1.807) is 18.2 Å². The topological polar surface area (TPSA) is 133 Å². The van der Waals surface area contributed by atoms with Crippen LogP contribution in [0.5, 0.6) is 5.75 Å². The molecule has 140 valence electrons. The van der Waals surface area contributed by atoms with Crippen LogP contribution in [-0.4, -0.2) is 45.4 Å². The number of halogens is 1. The summed E-state index contributed by atoms with van der Waals surface area (Å²) in [5.41, 5.74) is 9.58. The molecule has 1 atom stereocenters. The fourth-order valence-electron chi connectivity index (χ4n) is 2.69. The minimum atomic E-state index is -1.76. The highest BCUT2D eigenvalue weighted by molar-refractivity contribution is 6.04. The number of imidazole rings is 1. The van der Waals surface area contributed by atoms with E-state index in [2.05, 4.69) is 16.8 Å². The summed E-state index contributed by atoms with van der Waals surface area (Å²) in [6, 6.07) is 4.89. The van der Waals surface area contributed by atoms with Crippen molar-refractivity contribution in [2.45, 2.75) is 19.1 Å². The number of hydrogen-bond donors (Lipinski definition) is 3. The van der Waals surface area contributed by atoms with E-state index < -0.39 is 24.1 Å². The van der Waals surface area contributed by atoms with Crippen LogP contribution in [-0.2, 0) is 6.54 Å². The highest BCUT2D eigenvalue weighted by Gasteiger charge is 2.28. The number of aliphatic hydroxyl groups is 1. The van der Waals surface area contributed by atoms with Gasteiger partial charge in [-0.1, -0.05) is 11.8 Å². The molecule has 8 nitrogen and oxygen atoms in total. The Morgan fingerprint density at radius 2 is 2.15 bits per heavy atom. The Hall–Kier alpha value is -3.38. The predicted molar refractivity (Wildman–Crippen MR) is 93.7 cm³/mol. The third-order valence-corrected chi connectivity index (χ3v) is 3.96. The van der Waals surface area contributed by atoms with Crippen LogP contribution in [0.2, 0.25) is 0 Å². The van der Waals surface area contributed by atoms with E-state index in [1.807, 2.05) is 0 Å². The molecule has 3 rings (SSSR count). The number of hydrogen-bond acceptors (Lipinski definition) is 5. The van der Waals surface area contributed by atoms with Crippen molar-refractivity contribution in [3.8, 4) is 29.0 Å². The van der Waals surface area contributed by atoms with Gasteiger partial charge in [-0.25, -0.2) is 9.37 Å². The molecule has 0 saturated carbocycles. The lowest BCUT2D eigenvalue weighted by Gasteiger charge is -2.10. The molecule has 2 amide bonds. The van der Waals surface area contributed by atoms with Crippen molar-refractivity contribution >= 4 is 11.8 Å². The average molecular weight is 372 g/mol. The van der Waals surface area contributed by atoms with E-state index in [4.69, 9.17) is 16.2 Å². The van der Waals surface area contributed by atoms with E-state index >= 15 is 0 Å². The average Bonchev–Trinajstić information content (AvgIpc) is 2.92. The Bertz CT molecular complexity index is 1000. The smallest absolute Gasteiger partial charge is 0.269 e. The summed E-state index contributed by atoms with van der Waals surface area (Å²) in [7, 11) is 0. The molecule has 0 aliphatic carbocycles. The van der Waals surface area contributed by atoms with Gasteiger partial charge in [0.2, 0.25) is 0 Å². The molecule has 0 saturated heterocycles. The van der Waals surface area contributed by atoms with Crippen LogP contribution < -0.4 is 16.2 Å². The molecule has 2 heterocycles. The second-order valence-corrected chi connectivity index (χ2v) is 6.23. The zero-order valence-corrected chi connectivity index (χ0v) is 14.5. The van der Waals surface area contributed by atoms with E-state index in [0.29, 0.717) is 16.9 Å². The summed E-state index contributed by atoms with van der Waals surface area (Å²) >= 11 is 0. The lowest BCUT2D eigenvalue weighted by molar-refractivity contribution is 0.0905. The molecule has 1 aromatic carbocycles. The van der Waals surface area contributed by atoms with E-state index in [0.717, 1.165) is 0 Å². The van der Waals surface area contributed by atoms with Gasteiger partial charge in [-0.05, 0) is 25.1 Å². The number of nitrogens with zero attached hydrogens (tertiary/aromatic N) is 2. The summed E-state index contributed by atoms with van der Waals surface area (Å²) in [6.45, 7) is 0.705. The van der Waals surface area contributed by atoms with Crippen molar-refractivity contribution in [3.05, 3.63) is 35.2 Å². The first kappa shape index (κ1) is 18.4. The molecule has 1 aliphatic rings. The molecular weight excluding hydrogens is 355 g/mol. The third-order valence-electron chi connectivity index (χ3n) is 3.96. The van der Waals surface area contributed by atoms with Crippen molar-refractivity contribution in [1.82, 2.24) is 9.55 Å². The Kier molecular flexibility index (Phi) is 4.59. The number of alkyl halides is 1. The minimum Gasteiger partial charge on any atom is -0.491 e. The maximum absolute atomic E-state index is 12.7. The third kappa shape index (κ3) is 3.47. The number of carbonyl (C=O) groups excluding carboxylic acids is 2. The van der Waals surface area contributed by atoms with E-state index in [1.165, 1.54) is 11.5 Å². The molecule has 1 aromatic heterocycles. The SMILES string of the molecule is CC(O)(C#Cc1ccc2c(c1)-c1nc(C(N)=O)c(C(N)=O)n1CCO2)CF. The lowest BCUT2D eigenvalue weighted by atomic mass is 10.1. The maximum atomic E-state index is 12.7. The first-order valence-electron chi connectivity index (χ1n) is 8.02. The van der Waals surface area contributed by atoms with Gasteiger partial charge in [0.15, 0.2) is 11.3 Å². The van der Waals surface area contributed by atoms with Gasteiger partial charge in [0.05, 0.1) is 12.1 Å². The second kappa shape index (κ2) is 6.74. The fourth-order valence-corrected chi connectivity index (χ4v) is 2.69. The van der Waals surface area contributed by atoms with Crippen molar-refractivity contribution in [3.63, 3.8) is 0 Å². The largest absolute Gasteiger partial charge is 0.491 e. The number of benzene rings is 1. The molecular formula is C18H17FN4O4. The van der Waals surface area contributed by atoms with Gasteiger partial charge in [-0.15, -0.1) is 0 Å². The van der Waals surface area contributed by atoms with Crippen molar-refractivity contribution < 1.29 is 23.8 Å². The monoisotopic (exact) mass is 372 g/mol. The number of nitrogens with two attached hydrogens (primary N) is 2. The fraction of sp³-hybridized carbons (Fsp3) is 0.278. The summed E-state index contributed by atoms with van der Waals surface area (Å²) < 4.78 is 19.9. The van der Waals surface area contributed by atoms with Gasteiger partial charge in [-0.2, -0.15) is 0 Å². The van der Waals surface area contributed by atoms with Gasteiger partial charge < -0.3 is 25.9 Å². The van der Waals surface area contributed by atoms with Gasteiger partial charge >= 0.3 is 0 Å². The zero-order chi connectivity index (χ0) is 19.8. The highest BCUT2D eigenvalue weighted by atomic mass is 19.1. The molecule has 0 spiro atoms. The predicted octanol–water partition coefficient (Wildman–Crippen LogP) is 0.212. The number of fused-ring (bicyclic) bond motifs is 3. The Morgan fingerprint density at radius 3 is 2.78 bits per heavy atom. The normalized spacial score (nSPS) is 14.5. The van der Waals surface area contributed by atoms with Crippen LogP contribution in [0.4, 0.5) is 4.39 Å². The Labute approximate surface area is 153 Å². The summed E-state index contributed by atoms with van der Waals surface area (Å²) in [5.74, 6) is 4.17. The molecule has 0 fully saturated rings. The number of primary amides is 2. The van der Waals surface area contributed by atoms with Gasteiger partial charge in [0.25, 0.3) is 11.8 Å². The summed E-state index contributed by atoms with van der Waals surface area (Å²) in [5, 5.41) is 9.70. The minimum absolute atomic E-state index is 0.0919. The second-order valence-electron chi connectivity index (χ2n) is 6.23. The van der Waals surface area contributed by atoms with Gasteiger partial charge in [-0.3, -0.25) is 9.59 Å². The van der Waals surface area contributed by atoms with Crippen molar-refractivity contribution in [2.75, 3.05) is 13.3 Å². The maximum Gasteiger partial charge on any atom is 0.269 e. The molecule has 5 N–H and O–H groups in total. The van der Waals surface area contributed by atoms with Gasteiger partial charge in [0, 0.05) is 5.56 Å². The highest BCUT2D eigenvalue weighted by Crippen LogP contribution is 2.34. The Morgan fingerprint density at radius 1 is 1.41 bits per heavy atom. The number of aromatic nitrogens is 2. The summed E-state index contributed by atoms with van der Waals surface area (Å²) in [4.78, 5) is 27.7. The first-order valence-corrected chi connectivity index (χ1v) is 8.02. The van der Waals surface area contributed by atoms with Crippen LogP contribution in [0.3, 0.4) is 0 Å².